The summed E-state index contributed by atoms with van der Waals surface area (Å²) < 4.78 is 13.7. The highest BCUT2D eigenvalue weighted by molar-refractivity contribution is 6.03. The highest BCUT2D eigenvalue weighted by Gasteiger charge is 2.13. The van der Waals surface area contributed by atoms with E-state index in [0.717, 1.165) is 0 Å². The van der Waals surface area contributed by atoms with E-state index in [2.05, 4.69) is 20.6 Å². The summed E-state index contributed by atoms with van der Waals surface area (Å²) in [6.07, 6.45) is 2.86. The molecule has 0 saturated carbocycles. The zero-order valence-corrected chi connectivity index (χ0v) is 11.3. The van der Waals surface area contributed by atoms with Crippen LogP contribution in [0, 0.1) is 12.7 Å². The van der Waals surface area contributed by atoms with Crippen molar-refractivity contribution in [3.8, 4) is 0 Å². The summed E-state index contributed by atoms with van der Waals surface area (Å²) in [6, 6.07) is 4.61. The fourth-order valence-electron chi connectivity index (χ4n) is 1.71. The molecule has 2 N–H and O–H groups in total. The summed E-state index contributed by atoms with van der Waals surface area (Å²) >= 11 is 0. The lowest BCUT2D eigenvalue weighted by Gasteiger charge is -2.09. The van der Waals surface area contributed by atoms with Gasteiger partial charge in [0.05, 0.1) is 18.1 Å². The molecule has 5 nitrogen and oxygen atoms in total. The Labute approximate surface area is 116 Å². The number of rotatable bonds is 4. The monoisotopic (exact) mass is 274 g/mol. The van der Waals surface area contributed by atoms with Crippen LogP contribution in [0.4, 0.5) is 15.9 Å². The second kappa shape index (κ2) is 6.10. The molecular formula is C14H15FN4O. The van der Waals surface area contributed by atoms with Gasteiger partial charge in [-0.05, 0) is 25.5 Å². The van der Waals surface area contributed by atoms with Crippen LogP contribution < -0.4 is 10.6 Å². The van der Waals surface area contributed by atoms with Crippen LogP contribution in [0.25, 0.3) is 0 Å². The van der Waals surface area contributed by atoms with E-state index in [1.165, 1.54) is 18.5 Å². The van der Waals surface area contributed by atoms with Crippen LogP contribution in [0.15, 0.2) is 30.6 Å². The van der Waals surface area contributed by atoms with E-state index in [1.54, 1.807) is 19.1 Å². The van der Waals surface area contributed by atoms with Gasteiger partial charge in [0.25, 0.3) is 5.91 Å². The average molecular weight is 274 g/mol. The van der Waals surface area contributed by atoms with Gasteiger partial charge in [0.15, 0.2) is 0 Å². The minimum absolute atomic E-state index is 0.131. The quantitative estimate of drug-likeness (QED) is 0.899. The molecule has 6 heteroatoms. The van der Waals surface area contributed by atoms with E-state index in [-0.39, 0.29) is 11.4 Å². The first-order valence-corrected chi connectivity index (χ1v) is 6.24. The molecule has 2 rings (SSSR count). The van der Waals surface area contributed by atoms with E-state index >= 15 is 0 Å². The minimum atomic E-state index is -0.495. The van der Waals surface area contributed by atoms with Crippen LogP contribution in [0.3, 0.4) is 0 Å². The van der Waals surface area contributed by atoms with Crippen molar-refractivity contribution in [2.75, 3.05) is 17.2 Å². The van der Waals surface area contributed by atoms with Crippen LogP contribution >= 0.6 is 0 Å². The predicted molar refractivity (Wildman–Crippen MR) is 75.3 cm³/mol. The van der Waals surface area contributed by atoms with Crippen molar-refractivity contribution >= 4 is 17.4 Å². The van der Waals surface area contributed by atoms with Crippen molar-refractivity contribution in [1.82, 2.24) is 9.97 Å². The molecule has 1 amide bonds. The van der Waals surface area contributed by atoms with Gasteiger partial charge in [0.1, 0.15) is 17.3 Å². The van der Waals surface area contributed by atoms with Crippen LogP contribution in [-0.4, -0.2) is 22.4 Å². The van der Waals surface area contributed by atoms with E-state index in [1.807, 2.05) is 6.92 Å². The lowest BCUT2D eigenvalue weighted by Crippen LogP contribution is -2.16. The number of amides is 1. The third-order valence-corrected chi connectivity index (χ3v) is 2.69. The molecule has 0 fully saturated rings. The lowest BCUT2D eigenvalue weighted by molar-refractivity contribution is 0.102. The Hall–Kier alpha value is -2.50. The molecule has 0 saturated heterocycles. The molecule has 2 aromatic rings. The maximum atomic E-state index is 13.7. The molecule has 0 aliphatic carbocycles. The molecule has 0 spiro atoms. The number of hydrogen-bond acceptors (Lipinski definition) is 4. The van der Waals surface area contributed by atoms with Crippen LogP contribution in [0.1, 0.15) is 23.0 Å². The SMILES string of the molecule is CCNc1cncc(C(=O)Nc2c(C)cccc2F)n1. The number of halogens is 1. The Balaban J connectivity index is 2.22. The van der Waals surface area contributed by atoms with Crippen molar-refractivity contribution in [2.45, 2.75) is 13.8 Å². The van der Waals surface area contributed by atoms with Gasteiger partial charge in [-0.15, -0.1) is 0 Å². The van der Waals surface area contributed by atoms with Gasteiger partial charge < -0.3 is 10.6 Å². The first-order valence-electron chi connectivity index (χ1n) is 6.24. The summed E-state index contributed by atoms with van der Waals surface area (Å²) in [5.74, 6) is -0.468. The van der Waals surface area contributed by atoms with E-state index in [9.17, 15) is 9.18 Å². The van der Waals surface area contributed by atoms with Gasteiger partial charge in [-0.2, -0.15) is 0 Å². The van der Waals surface area contributed by atoms with Crippen LogP contribution in [0.2, 0.25) is 0 Å². The lowest BCUT2D eigenvalue weighted by atomic mass is 10.2. The Bertz CT molecular complexity index is 610. The molecule has 1 heterocycles. The molecule has 20 heavy (non-hydrogen) atoms. The van der Waals surface area contributed by atoms with Crippen molar-refractivity contribution in [1.29, 1.82) is 0 Å². The van der Waals surface area contributed by atoms with Crippen LogP contribution in [-0.2, 0) is 0 Å². The van der Waals surface area contributed by atoms with E-state index in [4.69, 9.17) is 0 Å². The van der Waals surface area contributed by atoms with Gasteiger partial charge >= 0.3 is 0 Å². The number of hydrogen-bond donors (Lipinski definition) is 2. The fraction of sp³-hybridized carbons (Fsp3) is 0.214. The second-order valence-corrected chi connectivity index (χ2v) is 4.21. The summed E-state index contributed by atoms with van der Waals surface area (Å²) in [6.45, 7) is 4.31. The van der Waals surface area contributed by atoms with E-state index in [0.29, 0.717) is 17.9 Å². The number of nitrogens with one attached hydrogen (secondary N) is 2. The van der Waals surface area contributed by atoms with Gasteiger partial charge in [0.2, 0.25) is 0 Å². The number of anilines is 2. The number of carbonyl (C=O) groups is 1. The molecule has 0 radical (unpaired) electrons. The number of nitrogens with zero attached hydrogens (tertiary/aromatic N) is 2. The molecule has 104 valence electrons. The number of benzene rings is 1. The third-order valence-electron chi connectivity index (χ3n) is 2.69. The Morgan fingerprint density at radius 1 is 1.35 bits per heavy atom. The smallest absolute Gasteiger partial charge is 0.276 e. The second-order valence-electron chi connectivity index (χ2n) is 4.21. The third kappa shape index (κ3) is 3.09. The highest BCUT2D eigenvalue weighted by Crippen LogP contribution is 2.19. The Morgan fingerprint density at radius 3 is 2.85 bits per heavy atom. The van der Waals surface area contributed by atoms with Crippen molar-refractivity contribution < 1.29 is 9.18 Å². The number of para-hydroxylation sites is 1. The van der Waals surface area contributed by atoms with Gasteiger partial charge in [-0.25, -0.2) is 9.37 Å². The highest BCUT2D eigenvalue weighted by atomic mass is 19.1. The molecule has 1 aromatic carbocycles. The standard InChI is InChI=1S/C14H15FN4O/c1-3-17-12-8-16-7-11(18-12)14(20)19-13-9(2)5-4-6-10(13)15/h4-8H,3H2,1-2H3,(H,17,18)(H,19,20). The van der Waals surface area contributed by atoms with Crippen molar-refractivity contribution in [3.63, 3.8) is 0 Å². The largest absolute Gasteiger partial charge is 0.369 e. The number of aryl methyl sites for hydroxylation is 1. The van der Waals surface area contributed by atoms with Gasteiger partial charge in [0, 0.05) is 6.54 Å². The zero-order valence-electron chi connectivity index (χ0n) is 11.3. The van der Waals surface area contributed by atoms with Gasteiger partial charge in [-0.1, -0.05) is 12.1 Å². The maximum absolute atomic E-state index is 13.7. The average Bonchev–Trinajstić information content (AvgIpc) is 2.43. The molecule has 0 bridgehead atoms. The maximum Gasteiger partial charge on any atom is 0.276 e. The zero-order chi connectivity index (χ0) is 14.5. The fourth-order valence-corrected chi connectivity index (χ4v) is 1.71. The molecule has 0 aliphatic rings. The molecule has 0 aliphatic heterocycles. The van der Waals surface area contributed by atoms with Crippen molar-refractivity contribution in [2.24, 2.45) is 0 Å². The molecular weight excluding hydrogens is 259 g/mol. The molecule has 1 aromatic heterocycles. The number of carbonyl (C=O) groups excluding carboxylic acids is 1. The number of aromatic nitrogens is 2. The predicted octanol–water partition coefficient (Wildman–Crippen LogP) is 2.61. The Morgan fingerprint density at radius 2 is 2.15 bits per heavy atom. The minimum Gasteiger partial charge on any atom is -0.369 e. The van der Waals surface area contributed by atoms with Crippen molar-refractivity contribution in [3.05, 3.63) is 47.7 Å². The van der Waals surface area contributed by atoms with Crippen LogP contribution in [0.5, 0.6) is 0 Å². The summed E-state index contributed by atoms with van der Waals surface area (Å²) in [5, 5.41) is 5.48. The molecule has 0 atom stereocenters. The summed E-state index contributed by atoms with van der Waals surface area (Å²) in [5.41, 5.74) is 0.938. The Kier molecular flexibility index (Phi) is 4.24. The van der Waals surface area contributed by atoms with Gasteiger partial charge in [-0.3, -0.25) is 9.78 Å². The molecule has 0 unspecified atom stereocenters. The first-order chi connectivity index (χ1) is 9.61. The summed E-state index contributed by atoms with van der Waals surface area (Å²) in [7, 11) is 0. The summed E-state index contributed by atoms with van der Waals surface area (Å²) in [4.78, 5) is 20.1. The normalized spacial score (nSPS) is 10.2. The first kappa shape index (κ1) is 13.9. The topological polar surface area (TPSA) is 66.9 Å². The van der Waals surface area contributed by atoms with E-state index < -0.39 is 11.7 Å².